The van der Waals surface area contributed by atoms with Crippen LogP contribution in [0.5, 0.6) is 0 Å². The molecule has 15 heavy (non-hydrogen) atoms. The molecule has 0 spiro atoms. The summed E-state index contributed by atoms with van der Waals surface area (Å²) in [5.41, 5.74) is 6.13. The first kappa shape index (κ1) is 13.9. The second-order valence-corrected chi connectivity index (χ2v) is 3.48. The Hall–Kier alpha value is -1.13. The number of hydrogen-bond donors (Lipinski definition) is 3. The van der Waals surface area contributed by atoms with Gasteiger partial charge in [-0.05, 0) is 18.9 Å². The van der Waals surface area contributed by atoms with Crippen molar-refractivity contribution in [3.63, 3.8) is 0 Å². The Morgan fingerprint density at radius 3 is 2.60 bits per heavy atom. The van der Waals surface area contributed by atoms with Gasteiger partial charge in [0.2, 0.25) is 5.91 Å². The number of nitrogens with one attached hydrogen (secondary N) is 1. The van der Waals surface area contributed by atoms with Gasteiger partial charge in [-0.3, -0.25) is 4.79 Å². The fourth-order valence-electron chi connectivity index (χ4n) is 1.11. The third-order valence-corrected chi connectivity index (χ3v) is 2.12. The minimum absolute atomic E-state index is 0.0923. The summed E-state index contributed by atoms with van der Waals surface area (Å²) in [5.74, 6) is -0.0923. The van der Waals surface area contributed by atoms with Gasteiger partial charge in [-0.1, -0.05) is 12.2 Å². The van der Waals surface area contributed by atoms with E-state index < -0.39 is 6.10 Å². The van der Waals surface area contributed by atoms with Crippen molar-refractivity contribution in [2.45, 2.75) is 32.4 Å². The second kappa shape index (κ2) is 7.20. The fraction of sp³-hybridized carbons (Fsp3) is 0.545. The van der Waals surface area contributed by atoms with Gasteiger partial charge in [0, 0.05) is 13.5 Å². The minimum Gasteiger partial charge on any atom is -0.387 e. The SMILES string of the molecule is C=CC(C/C=C(\C)C(O)CN)NC(C)=O. The Bertz CT molecular complexity index is 249. The highest BCUT2D eigenvalue weighted by Crippen LogP contribution is 2.04. The zero-order valence-electron chi connectivity index (χ0n) is 9.36. The maximum atomic E-state index is 10.8. The molecule has 2 unspecified atom stereocenters. The van der Waals surface area contributed by atoms with Crippen LogP contribution >= 0.6 is 0 Å². The summed E-state index contributed by atoms with van der Waals surface area (Å²) in [6.45, 7) is 7.11. The Labute approximate surface area is 90.9 Å². The smallest absolute Gasteiger partial charge is 0.217 e. The first-order chi connectivity index (χ1) is 7.01. The third-order valence-electron chi connectivity index (χ3n) is 2.12. The summed E-state index contributed by atoms with van der Waals surface area (Å²) >= 11 is 0. The maximum absolute atomic E-state index is 10.8. The van der Waals surface area contributed by atoms with E-state index in [1.54, 1.807) is 6.08 Å². The van der Waals surface area contributed by atoms with Crippen LogP contribution in [-0.2, 0) is 4.79 Å². The van der Waals surface area contributed by atoms with Crippen molar-refractivity contribution in [1.29, 1.82) is 0 Å². The molecule has 0 aliphatic carbocycles. The summed E-state index contributed by atoms with van der Waals surface area (Å²) in [6.07, 6.45) is 3.54. The Morgan fingerprint density at radius 1 is 1.60 bits per heavy atom. The third kappa shape index (κ3) is 6.04. The lowest BCUT2D eigenvalue weighted by atomic mass is 10.1. The van der Waals surface area contributed by atoms with Crippen molar-refractivity contribution in [1.82, 2.24) is 5.32 Å². The predicted octanol–water partition coefficient (Wildman–Crippen LogP) is 0.333. The van der Waals surface area contributed by atoms with Crippen LogP contribution in [0.1, 0.15) is 20.3 Å². The number of aliphatic hydroxyl groups is 1. The van der Waals surface area contributed by atoms with Gasteiger partial charge in [-0.25, -0.2) is 0 Å². The van der Waals surface area contributed by atoms with Crippen LogP contribution in [0.15, 0.2) is 24.3 Å². The molecule has 0 aromatic rings. The average molecular weight is 212 g/mol. The van der Waals surface area contributed by atoms with Crippen molar-refractivity contribution in [3.05, 3.63) is 24.3 Å². The lowest BCUT2D eigenvalue weighted by molar-refractivity contribution is -0.119. The quantitative estimate of drug-likeness (QED) is 0.555. The Morgan fingerprint density at radius 2 is 2.20 bits per heavy atom. The molecule has 1 amide bonds. The summed E-state index contributed by atoms with van der Waals surface area (Å²) in [5, 5.41) is 12.1. The van der Waals surface area contributed by atoms with Gasteiger partial charge in [-0.2, -0.15) is 0 Å². The van der Waals surface area contributed by atoms with Gasteiger partial charge >= 0.3 is 0 Å². The standard InChI is InChI=1S/C11H20N2O2/c1-4-10(13-9(3)14)6-5-8(2)11(15)7-12/h4-5,10-11,15H,1,6-7,12H2,2-3H3,(H,13,14)/b8-5+. The number of carbonyl (C=O) groups is 1. The molecule has 4 nitrogen and oxygen atoms in total. The van der Waals surface area contributed by atoms with E-state index in [9.17, 15) is 9.90 Å². The topological polar surface area (TPSA) is 75.3 Å². The predicted molar refractivity (Wildman–Crippen MR) is 61.2 cm³/mol. The van der Waals surface area contributed by atoms with Crippen LogP contribution in [0.4, 0.5) is 0 Å². The summed E-state index contributed by atoms with van der Waals surface area (Å²) < 4.78 is 0. The molecule has 0 aliphatic heterocycles. The lowest BCUT2D eigenvalue weighted by Gasteiger charge is -2.13. The van der Waals surface area contributed by atoms with Crippen molar-refractivity contribution < 1.29 is 9.90 Å². The molecule has 0 aromatic heterocycles. The number of rotatable bonds is 6. The molecule has 0 aromatic carbocycles. The molecule has 0 fully saturated rings. The van der Waals surface area contributed by atoms with E-state index >= 15 is 0 Å². The monoisotopic (exact) mass is 212 g/mol. The second-order valence-electron chi connectivity index (χ2n) is 3.48. The summed E-state index contributed by atoms with van der Waals surface area (Å²) in [7, 11) is 0. The van der Waals surface area contributed by atoms with Crippen LogP contribution in [0.3, 0.4) is 0 Å². The Kier molecular flexibility index (Phi) is 6.66. The molecular formula is C11H20N2O2. The first-order valence-corrected chi connectivity index (χ1v) is 4.95. The Balaban J connectivity index is 4.19. The number of aliphatic hydroxyl groups excluding tert-OH is 1. The molecule has 0 bridgehead atoms. The van der Waals surface area contributed by atoms with Crippen molar-refractivity contribution in [2.24, 2.45) is 5.73 Å². The zero-order chi connectivity index (χ0) is 11.8. The zero-order valence-corrected chi connectivity index (χ0v) is 9.36. The number of carbonyl (C=O) groups excluding carboxylic acids is 1. The van der Waals surface area contributed by atoms with Gasteiger partial charge in [-0.15, -0.1) is 6.58 Å². The molecule has 0 radical (unpaired) electrons. The van der Waals surface area contributed by atoms with E-state index in [1.165, 1.54) is 6.92 Å². The normalized spacial score (nSPS) is 15.6. The number of hydrogen-bond acceptors (Lipinski definition) is 3. The average Bonchev–Trinajstić information content (AvgIpc) is 2.21. The molecule has 0 saturated carbocycles. The summed E-state index contributed by atoms with van der Waals surface area (Å²) in [6, 6.07) is -0.0950. The van der Waals surface area contributed by atoms with Gasteiger partial charge < -0.3 is 16.2 Å². The molecule has 0 rings (SSSR count). The van der Waals surface area contributed by atoms with Crippen molar-refractivity contribution >= 4 is 5.91 Å². The van der Waals surface area contributed by atoms with E-state index in [0.29, 0.717) is 6.42 Å². The van der Waals surface area contributed by atoms with E-state index in [2.05, 4.69) is 11.9 Å². The lowest BCUT2D eigenvalue weighted by Crippen LogP contribution is -2.31. The van der Waals surface area contributed by atoms with E-state index in [1.807, 2.05) is 13.0 Å². The van der Waals surface area contributed by atoms with Crippen LogP contribution in [0.25, 0.3) is 0 Å². The molecule has 86 valence electrons. The van der Waals surface area contributed by atoms with Crippen LogP contribution < -0.4 is 11.1 Å². The van der Waals surface area contributed by atoms with Crippen molar-refractivity contribution in [3.8, 4) is 0 Å². The fourth-order valence-corrected chi connectivity index (χ4v) is 1.11. The van der Waals surface area contributed by atoms with E-state index in [-0.39, 0.29) is 18.5 Å². The van der Waals surface area contributed by atoms with Gasteiger partial charge in [0.05, 0.1) is 12.1 Å². The van der Waals surface area contributed by atoms with E-state index in [0.717, 1.165) is 5.57 Å². The molecule has 4 N–H and O–H groups in total. The highest BCUT2D eigenvalue weighted by molar-refractivity contribution is 5.73. The molecule has 2 atom stereocenters. The summed E-state index contributed by atoms with van der Waals surface area (Å²) in [4.78, 5) is 10.8. The maximum Gasteiger partial charge on any atom is 0.217 e. The molecule has 0 saturated heterocycles. The molecule has 0 aliphatic rings. The highest BCUT2D eigenvalue weighted by atomic mass is 16.3. The van der Waals surface area contributed by atoms with Gasteiger partial charge in [0.15, 0.2) is 0 Å². The van der Waals surface area contributed by atoms with Crippen LogP contribution in [-0.4, -0.2) is 29.7 Å². The van der Waals surface area contributed by atoms with Crippen LogP contribution in [0.2, 0.25) is 0 Å². The minimum atomic E-state index is -0.604. The van der Waals surface area contributed by atoms with Gasteiger partial charge in [0.1, 0.15) is 0 Å². The van der Waals surface area contributed by atoms with E-state index in [4.69, 9.17) is 5.73 Å². The molecule has 4 heteroatoms. The van der Waals surface area contributed by atoms with Crippen molar-refractivity contribution in [2.75, 3.05) is 6.54 Å². The number of amides is 1. The first-order valence-electron chi connectivity index (χ1n) is 4.95. The largest absolute Gasteiger partial charge is 0.387 e. The number of nitrogens with two attached hydrogens (primary N) is 1. The molecular weight excluding hydrogens is 192 g/mol. The highest BCUT2D eigenvalue weighted by Gasteiger charge is 2.06. The molecule has 0 heterocycles. The van der Waals surface area contributed by atoms with Gasteiger partial charge in [0.25, 0.3) is 0 Å². The van der Waals surface area contributed by atoms with Crippen LogP contribution in [0, 0.1) is 0 Å².